The Morgan fingerprint density at radius 3 is 2.65 bits per heavy atom. The fourth-order valence-corrected chi connectivity index (χ4v) is 2.12. The molecule has 0 saturated heterocycles. The Kier molecular flexibility index (Phi) is 4.67. The van der Waals surface area contributed by atoms with Crippen LogP contribution < -0.4 is 10.5 Å². The van der Waals surface area contributed by atoms with Crippen molar-refractivity contribution in [3.05, 3.63) is 63.6 Å². The molecule has 2 N–H and O–H groups in total. The lowest BCUT2D eigenvalue weighted by molar-refractivity contribution is 0.284. The molecule has 2 rings (SSSR count). The summed E-state index contributed by atoms with van der Waals surface area (Å²) in [6, 6.07) is 9.02. The van der Waals surface area contributed by atoms with E-state index >= 15 is 0 Å². The van der Waals surface area contributed by atoms with Crippen LogP contribution in [0, 0.1) is 11.6 Å². The van der Waals surface area contributed by atoms with Gasteiger partial charge in [0.05, 0.1) is 0 Å². The van der Waals surface area contributed by atoms with E-state index in [1.165, 1.54) is 24.3 Å². The molecule has 0 radical (unpaired) electrons. The zero-order chi connectivity index (χ0) is 14.7. The molecule has 0 amide bonds. The minimum atomic E-state index is -0.544. The molecule has 0 bridgehead atoms. The van der Waals surface area contributed by atoms with Crippen molar-refractivity contribution < 1.29 is 13.5 Å². The number of benzene rings is 2. The quantitative estimate of drug-likeness (QED) is 0.841. The van der Waals surface area contributed by atoms with E-state index in [1.54, 1.807) is 12.1 Å². The second-order valence-corrected chi connectivity index (χ2v) is 5.36. The number of halogens is 3. The van der Waals surface area contributed by atoms with Crippen molar-refractivity contribution in [1.82, 2.24) is 0 Å². The minimum absolute atomic E-state index is 0.0285. The number of rotatable bonds is 4. The predicted molar refractivity (Wildman–Crippen MR) is 80.7 cm³/mol. The molecule has 0 aliphatic rings. The fourth-order valence-electron chi connectivity index (χ4n) is 1.63. The van der Waals surface area contributed by atoms with Gasteiger partial charge in [0.25, 0.3) is 0 Å². The first-order valence-corrected chi connectivity index (χ1v) is 6.84. The van der Waals surface area contributed by atoms with Crippen molar-refractivity contribution in [2.45, 2.75) is 6.61 Å². The van der Waals surface area contributed by atoms with Crippen LogP contribution in [0.5, 0.6) is 5.75 Å². The standard InChI is InChI=1S/C14H10BrF2NOS/c15-9-4-5-12(11(16)6-9)19-7-8-2-1-3-10(13(8)17)14(18)20/h1-6H,7H2,(H2,18,20). The Hall–Kier alpha value is -1.53. The fraction of sp³-hybridized carbons (Fsp3) is 0.0714. The van der Waals surface area contributed by atoms with Gasteiger partial charge in [-0.25, -0.2) is 8.78 Å². The van der Waals surface area contributed by atoms with Gasteiger partial charge in [0.2, 0.25) is 0 Å². The number of nitrogens with two attached hydrogens (primary N) is 1. The zero-order valence-corrected chi connectivity index (χ0v) is 12.6. The lowest BCUT2D eigenvalue weighted by atomic mass is 10.1. The molecule has 0 unspecified atom stereocenters. The molecule has 6 heteroatoms. The molecule has 0 spiro atoms. The molecule has 0 atom stereocenters. The van der Waals surface area contributed by atoms with Gasteiger partial charge in [-0.3, -0.25) is 0 Å². The van der Waals surface area contributed by atoms with E-state index in [0.29, 0.717) is 4.47 Å². The molecule has 0 aromatic heterocycles. The number of ether oxygens (including phenoxy) is 1. The second-order valence-electron chi connectivity index (χ2n) is 4.01. The molecular formula is C14H10BrF2NOS. The summed E-state index contributed by atoms with van der Waals surface area (Å²) in [6.45, 7) is -0.110. The van der Waals surface area contributed by atoms with Gasteiger partial charge in [-0.2, -0.15) is 0 Å². The summed E-state index contributed by atoms with van der Waals surface area (Å²) in [5, 5.41) is 0. The van der Waals surface area contributed by atoms with Crippen LogP contribution in [-0.2, 0) is 6.61 Å². The summed E-state index contributed by atoms with van der Waals surface area (Å²) in [5.74, 6) is -1.02. The molecule has 0 heterocycles. The molecule has 2 nitrogen and oxygen atoms in total. The average molecular weight is 358 g/mol. The number of hydrogen-bond acceptors (Lipinski definition) is 2. The van der Waals surface area contributed by atoms with E-state index in [9.17, 15) is 8.78 Å². The Labute approximate surface area is 128 Å². The number of hydrogen-bond donors (Lipinski definition) is 1. The summed E-state index contributed by atoms with van der Waals surface area (Å²) in [5.41, 5.74) is 5.83. The highest BCUT2D eigenvalue weighted by Crippen LogP contribution is 2.23. The lowest BCUT2D eigenvalue weighted by Crippen LogP contribution is -2.13. The normalized spacial score (nSPS) is 10.3. The molecule has 20 heavy (non-hydrogen) atoms. The van der Waals surface area contributed by atoms with E-state index < -0.39 is 11.6 Å². The van der Waals surface area contributed by atoms with E-state index in [-0.39, 0.29) is 28.5 Å². The molecule has 2 aromatic carbocycles. The van der Waals surface area contributed by atoms with Crippen LogP contribution in [-0.4, -0.2) is 4.99 Å². The van der Waals surface area contributed by atoms with E-state index in [4.69, 9.17) is 22.7 Å². The van der Waals surface area contributed by atoms with Crippen LogP contribution in [0.3, 0.4) is 0 Å². The Morgan fingerprint density at radius 1 is 1.25 bits per heavy atom. The van der Waals surface area contributed by atoms with E-state index in [0.717, 1.165) is 0 Å². The van der Waals surface area contributed by atoms with Crippen LogP contribution in [0.15, 0.2) is 40.9 Å². The lowest BCUT2D eigenvalue weighted by Gasteiger charge is -2.10. The molecule has 2 aromatic rings. The van der Waals surface area contributed by atoms with Crippen LogP contribution in [0.2, 0.25) is 0 Å². The van der Waals surface area contributed by atoms with E-state index in [2.05, 4.69) is 15.9 Å². The number of thiocarbonyl (C=S) groups is 1. The van der Waals surface area contributed by atoms with E-state index in [1.807, 2.05) is 0 Å². The predicted octanol–water partition coefficient (Wildman–Crippen LogP) is 3.94. The Balaban J connectivity index is 2.19. The van der Waals surface area contributed by atoms with Gasteiger partial charge < -0.3 is 10.5 Å². The SMILES string of the molecule is NC(=S)c1cccc(COc2ccc(Br)cc2F)c1F. The van der Waals surface area contributed by atoms with Gasteiger partial charge in [-0.15, -0.1) is 0 Å². The van der Waals surface area contributed by atoms with Crippen molar-refractivity contribution >= 4 is 33.1 Å². The molecule has 0 saturated carbocycles. The van der Waals surface area contributed by atoms with Crippen molar-refractivity contribution in [2.75, 3.05) is 0 Å². The van der Waals surface area contributed by atoms with Crippen LogP contribution in [0.4, 0.5) is 8.78 Å². The first-order valence-electron chi connectivity index (χ1n) is 5.64. The summed E-state index contributed by atoms with van der Waals surface area (Å²) in [4.78, 5) is -0.0285. The highest BCUT2D eigenvalue weighted by atomic mass is 79.9. The topological polar surface area (TPSA) is 35.2 Å². The largest absolute Gasteiger partial charge is 0.486 e. The first kappa shape index (κ1) is 14.9. The molecule has 0 aliphatic heterocycles. The van der Waals surface area contributed by atoms with Crippen molar-refractivity contribution in [1.29, 1.82) is 0 Å². The second kappa shape index (κ2) is 6.28. The minimum Gasteiger partial charge on any atom is -0.486 e. The Morgan fingerprint density at radius 2 is 2.00 bits per heavy atom. The summed E-state index contributed by atoms with van der Waals surface area (Å²) in [7, 11) is 0. The van der Waals surface area contributed by atoms with Gasteiger partial charge >= 0.3 is 0 Å². The van der Waals surface area contributed by atoms with Crippen molar-refractivity contribution in [3.8, 4) is 5.75 Å². The highest BCUT2D eigenvalue weighted by Gasteiger charge is 2.11. The Bertz CT molecular complexity index is 664. The summed E-state index contributed by atoms with van der Waals surface area (Å²) >= 11 is 7.90. The third-order valence-electron chi connectivity index (χ3n) is 2.62. The molecular weight excluding hydrogens is 348 g/mol. The summed E-state index contributed by atoms with van der Waals surface area (Å²) < 4.78 is 33.5. The summed E-state index contributed by atoms with van der Waals surface area (Å²) in [6.07, 6.45) is 0. The molecule has 104 valence electrons. The van der Waals surface area contributed by atoms with Gasteiger partial charge in [-0.1, -0.05) is 40.3 Å². The maximum Gasteiger partial charge on any atom is 0.166 e. The van der Waals surface area contributed by atoms with Crippen molar-refractivity contribution in [2.24, 2.45) is 5.73 Å². The monoisotopic (exact) mass is 357 g/mol. The smallest absolute Gasteiger partial charge is 0.166 e. The average Bonchev–Trinajstić information content (AvgIpc) is 2.39. The van der Waals surface area contributed by atoms with Gasteiger partial charge in [0.15, 0.2) is 11.6 Å². The van der Waals surface area contributed by atoms with Crippen LogP contribution in [0.25, 0.3) is 0 Å². The molecule has 0 fully saturated rings. The zero-order valence-electron chi connectivity index (χ0n) is 10.2. The van der Waals surface area contributed by atoms with Gasteiger partial charge in [0.1, 0.15) is 17.4 Å². The van der Waals surface area contributed by atoms with Crippen LogP contribution >= 0.6 is 28.1 Å². The van der Waals surface area contributed by atoms with Gasteiger partial charge in [0, 0.05) is 15.6 Å². The van der Waals surface area contributed by atoms with Crippen molar-refractivity contribution in [3.63, 3.8) is 0 Å². The molecule has 0 aliphatic carbocycles. The van der Waals surface area contributed by atoms with Crippen LogP contribution in [0.1, 0.15) is 11.1 Å². The third kappa shape index (κ3) is 3.32. The highest BCUT2D eigenvalue weighted by molar-refractivity contribution is 9.10. The first-order chi connectivity index (χ1) is 9.49. The third-order valence-corrected chi connectivity index (χ3v) is 3.33. The maximum absolute atomic E-state index is 14.0. The maximum atomic E-state index is 14.0. The van der Waals surface area contributed by atoms with Gasteiger partial charge in [-0.05, 0) is 24.3 Å².